The summed E-state index contributed by atoms with van der Waals surface area (Å²) in [6.07, 6.45) is 1.08. The number of rotatable bonds is 2. The summed E-state index contributed by atoms with van der Waals surface area (Å²) >= 11 is 0. The molecule has 13 heavy (non-hydrogen) atoms. The van der Waals surface area contributed by atoms with Crippen LogP contribution >= 0.6 is 0 Å². The zero-order valence-corrected chi connectivity index (χ0v) is 6.75. The van der Waals surface area contributed by atoms with E-state index in [1.165, 1.54) is 6.07 Å². The lowest BCUT2D eigenvalue weighted by Crippen LogP contribution is -1.95. The zero-order valence-electron chi connectivity index (χ0n) is 6.75. The van der Waals surface area contributed by atoms with E-state index >= 15 is 0 Å². The Balaban J connectivity index is 3.25. The molecular weight excluding hydrogens is 169 g/mol. The highest BCUT2D eigenvalue weighted by atomic mass is 19.1. The van der Waals surface area contributed by atoms with Crippen molar-refractivity contribution < 1.29 is 9.18 Å². The summed E-state index contributed by atoms with van der Waals surface area (Å²) in [5.74, 6) is -0.986. The number of halogens is 1. The summed E-state index contributed by atoms with van der Waals surface area (Å²) in [6.45, 7) is 3.27. The van der Waals surface area contributed by atoms with Gasteiger partial charge in [0.15, 0.2) is 5.78 Å². The van der Waals surface area contributed by atoms with E-state index in [0.717, 1.165) is 18.2 Å². The average molecular weight is 175 g/mol. The Hall–Kier alpha value is -1.95. The first-order valence-electron chi connectivity index (χ1n) is 3.55. The third-order valence-corrected chi connectivity index (χ3v) is 1.50. The molecule has 1 aromatic rings. The molecule has 0 saturated heterocycles. The van der Waals surface area contributed by atoms with Crippen LogP contribution in [-0.2, 0) is 0 Å². The number of allylic oxidation sites excluding steroid dienone is 1. The van der Waals surface area contributed by atoms with Crippen molar-refractivity contribution in [3.8, 4) is 6.07 Å². The Kier molecular flexibility index (Phi) is 2.56. The molecule has 64 valence electrons. The van der Waals surface area contributed by atoms with Crippen molar-refractivity contribution in [3.63, 3.8) is 0 Å². The highest BCUT2D eigenvalue weighted by Crippen LogP contribution is 2.09. The second kappa shape index (κ2) is 3.63. The average Bonchev–Trinajstić information content (AvgIpc) is 2.15. The molecule has 0 amide bonds. The maximum atomic E-state index is 12.8. The van der Waals surface area contributed by atoms with Gasteiger partial charge in [0.2, 0.25) is 0 Å². The van der Waals surface area contributed by atoms with Crippen molar-refractivity contribution in [2.24, 2.45) is 0 Å². The van der Waals surface area contributed by atoms with Crippen LogP contribution in [0.1, 0.15) is 15.9 Å². The lowest BCUT2D eigenvalue weighted by molar-refractivity contribution is 0.104. The number of nitriles is 1. The van der Waals surface area contributed by atoms with Gasteiger partial charge in [-0.1, -0.05) is 6.58 Å². The van der Waals surface area contributed by atoms with Crippen molar-refractivity contribution in [2.75, 3.05) is 0 Å². The van der Waals surface area contributed by atoms with Gasteiger partial charge in [0.05, 0.1) is 11.6 Å². The van der Waals surface area contributed by atoms with E-state index in [1.54, 1.807) is 6.07 Å². The molecule has 1 rings (SSSR count). The maximum absolute atomic E-state index is 12.8. The van der Waals surface area contributed by atoms with Gasteiger partial charge in [0, 0.05) is 5.56 Å². The normalized spacial score (nSPS) is 8.92. The number of carbonyl (C=O) groups excluding carboxylic acids is 1. The van der Waals surface area contributed by atoms with Gasteiger partial charge in [0.25, 0.3) is 0 Å². The fourth-order valence-electron chi connectivity index (χ4n) is 0.914. The van der Waals surface area contributed by atoms with Crippen LogP contribution in [0.3, 0.4) is 0 Å². The topological polar surface area (TPSA) is 40.9 Å². The quantitative estimate of drug-likeness (QED) is 0.510. The van der Waals surface area contributed by atoms with Crippen molar-refractivity contribution in [1.82, 2.24) is 0 Å². The number of benzene rings is 1. The zero-order chi connectivity index (χ0) is 9.84. The van der Waals surface area contributed by atoms with Crippen LogP contribution in [0, 0.1) is 17.1 Å². The Bertz CT molecular complexity index is 404. The number of hydrogen-bond acceptors (Lipinski definition) is 2. The van der Waals surface area contributed by atoms with E-state index in [9.17, 15) is 9.18 Å². The van der Waals surface area contributed by atoms with Gasteiger partial charge in [-0.05, 0) is 24.3 Å². The molecule has 0 aliphatic rings. The van der Waals surface area contributed by atoms with Crippen LogP contribution in [-0.4, -0.2) is 5.78 Å². The standard InChI is InChI=1S/C10H6FNO/c1-2-10(13)8-3-7(6-12)4-9(11)5-8/h2-5H,1H2. The van der Waals surface area contributed by atoms with E-state index in [4.69, 9.17) is 5.26 Å². The van der Waals surface area contributed by atoms with Crippen LogP contribution < -0.4 is 0 Å². The van der Waals surface area contributed by atoms with Gasteiger partial charge in [-0.15, -0.1) is 0 Å². The highest BCUT2D eigenvalue weighted by molar-refractivity contribution is 6.04. The molecule has 0 atom stereocenters. The summed E-state index contributed by atoms with van der Waals surface area (Å²) in [4.78, 5) is 11.0. The summed E-state index contributed by atoms with van der Waals surface area (Å²) in [7, 11) is 0. The van der Waals surface area contributed by atoms with E-state index in [0.29, 0.717) is 0 Å². The van der Waals surface area contributed by atoms with Crippen LogP contribution in [0.5, 0.6) is 0 Å². The first kappa shape index (κ1) is 9.14. The minimum atomic E-state index is -0.593. The summed E-state index contributed by atoms with van der Waals surface area (Å²) in [5, 5.41) is 8.49. The molecule has 0 fully saturated rings. The molecule has 0 unspecified atom stereocenters. The summed E-state index contributed by atoms with van der Waals surface area (Å²) in [6, 6.07) is 5.23. The molecule has 0 spiro atoms. The van der Waals surface area contributed by atoms with E-state index < -0.39 is 11.6 Å². The van der Waals surface area contributed by atoms with Crippen molar-refractivity contribution in [1.29, 1.82) is 5.26 Å². The SMILES string of the molecule is C=CC(=O)c1cc(F)cc(C#N)c1. The lowest BCUT2D eigenvalue weighted by Gasteiger charge is -1.96. The molecule has 1 aromatic carbocycles. The molecule has 0 aliphatic carbocycles. The molecule has 0 aliphatic heterocycles. The van der Waals surface area contributed by atoms with Gasteiger partial charge in [-0.2, -0.15) is 5.26 Å². The second-order valence-corrected chi connectivity index (χ2v) is 2.41. The van der Waals surface area contributed by atoms with Gasteiger partial charge in [-0.25, -0.2) is 4.39 Å². The number of hydrogen-bond donors (Lipinski definition) is 0. The minimum Gasteiger partial charge on any atom is -0.289 e. The smallest absolute Gasteiger partial charge is 0.185 e. The molecule has 0 radical (unpaired) electrons. The second-order valence-electron chi connectivity index (χ2n) is 2.41. The van der Waals surface area contributed by atoms with Crippen molar-refractivity contribution in [3.05, 3.63) is 47.8 Å². The fraction of sp³-hybridized carbons (Fsp3) is 0. The predicted octanol–water partition coefficient (Wildman–Crippen LogP) is 2.07. The third kappa shape index (κ3) is 2.00. The first-order chi connectivity index (χ1) is 6.17. The van der Waals surface area contributed by atoms with Gasteiger partial charge in [-0.3, -0.25) is 4.79 Å². The first-order valence-corrected chi connectivity index (χ1v) is 3.55. The third-order valence-electron chi connectivity index (χ3n) is 1.50. The van der Waals surface area contributed by atoms with Gasteiger partial charge in [0.1, 0.15) is 5.82 Å². The highest BCUT2D eigenvalue weighted by Gasteiger charge is 2.04. The van der Waals surface area contributed by atoms with Crippen molar-refractivity contribution >= 4 is 5.78 Å². The number of nitrogens with zero attached hydrogens (tertiary/aromatic N) is 1. The van der Waals surface area contributed by atoms with Crippen LogP contribution in [0.2, 0.25) is 0 Å². The van der Waals surface area contributed by atoms with Gasteiger partial charge < -0.3 is 0 Å². The Morgan fingerprint density at radius 2 is 2.23 bits per heavy atom. The fourth-order valence-corrected chi connectivity index (χ4v) is 0.914. The van der Waals surface area contributed by atoms with Crippen molar-refractivity contribution in [2.45, 2.75) is 0 Å². The maximum Gasteiger partial charge on any atom is 0.185 e. The molecule has 0 bridgehead atoms. The Labute approximate surface area is 74.9 Å². The van der Waals surface area contributed by atoms with Gasteiger partial charge >= 0.3 is 0 Å². The molecule has 0 heterocycles. The predicted molar refractivity (Wildman–Crippen MR) is 45.6 cm³/mol. The Morgan fingerprint density at radius 3 is 2.77 bits per heavy atom. The molecule has 2 nitrogen and oxygen atoms in total. The monoisotopic (exact) mass is 175 g/mol. The number of ketones is 1. The largest absolute Gasteiger partial charge is 0.289 e. The minimum absolute atomic E-state index is 0.130. The van der Waals surface area contributed by atoms with E-state index in [-0.39, 0.29) is 11.1 Å². The number of carbonyl (C=O) groups is 1. The Morgan fingerprint density at radius 1 is 1.54 bits per heavy atom. The molecule has 3 heteroatoms. The van der Waals surface area contributed by atoms with E-state index in [2.05, 4.69) is 6.58 Å². The molecule has 0 N–H and O–H groups in total. The van der Waals surface area contributed by atoms with E-state index in [1.807, 2.05) is 0 Å². The lowest BCUT2D eigenvalue weighted by atomic mass is 10.1. The van der Waals surface area contributed by atoms with Crippen LogP contribution in [0.15, 0.2) is 30.9 Å². The molecule has 0 aromatic heterocycles. The molecular formula is C10H6FNO. The van der Waals surface area contributed by atoms with Crippen LogP contribution in [0.25, 0.3) is 0 Å². The van der Waals surface area contributed by atoms with Crippen LogP contribution in [0.4, 0.5) is 4.39 Å². The summed E-state index contributed by atoms with van der Waals surface area (Å²) < 4.78 is 12.8. The summed E-state index contributed by atoms with van der Waals surface area (Å²) in [5.41, 5.74) is 0.275. The molecule has 0 saturated carbocycles.